The van der Waals surface area contributed by atoms with Gasteiger partial charge in [0.25, 0.3) is 0 Å². The van der Waals surface area contributed by atoms with Crippen molar-refractivity contribution in [3.63, 3.8) is 0 Å². The van der Waals surface area contributed by atoms with Gasteiger partial charge < -0.3 is 9.67 Å². The van der Waals surface area contributed by atoms with E-state index < -0.39 is 5.97 Å². The van der Waals surface area contributed by atoms with Crippen molar-refractivity contribution in [2.24, 2.45) is 13.0 Å². The van der Waals surface area contributed by atoms with Crippen molar-refractivity contribution in [3.8, 4) is 0 Å². The van der Waals surface area contributed by atoms with Crippen LogP contribution in [-0.2, 0) is 18.3 Å². The summed E-state index contributed by atoms with van der Waals surface area (Å²) in [4.78, 5) is 24.3. The average Bonchev–Trinajstić information content (AvgIpc) is 3.01. The first-order valence-corrected chi connectivity index (χ1v) is 11.5. The second-order valence-electron chi connectivity index (χ2n) is 8.43. The molecule has 0 radical (unpaired) electrons. The van der Waals surface area contributed by atoms with Crippen LogP contribution in [0.2, 0.25) is 5.02 Å². The highest BCUT2D eigenvalue weighted by Crippen LogP contribution is 2.31. The van der Waals surface area contributed by atoms with Crippen molar-refractivity contribution in [2.45, 2.75) is 45.4 Å². The van der Waals surface area contributed by atoms with Crippen molar-refractivity contribution >= 4 is 40.3 Å². The van der Waals surface area contributed by atoms with Gasteiger partial charge in [-0.05, 0) is 55.4 Å². The number of unbranched alkanes of at least 4 members (excludes halogenated alkanes) is 2. The Morgan fingerprint density at radius 3 is 2.56 bits per heavy atom. The van der Waals surface area contributed by atoms with E-state index in [1.54, 1.807) is 0 Å². The Labute approximate surface area is 194 Å². The van der Waals surface area contributed by atoms with E-state index in [0.29, 0.717) is 10.6 Å². The van der Waals surface area contributed by atoms with Crippen LogP contribution >= 0.6 is 11.6 Å². The van der Waals surface area contributed by atoms with E-state index >= 15 is 0 Å². The number of hydrogen-bond donors (Lipinski definition) is 1. The van der Waals surface area contributed by atoms with Crippen LogP contribution in [0, 0.1) is 5.92 Å². The molecule has 0 bridgehead atoms. The summed E-state index contributed by atoms with van der Waals surface area (Å²) in [5.41, 5.74) is 3.87. The van der Waals surface area contributed by atoms with Crippen LogP contribution < -0.4 is 0 Å². The fourth-order valence-electron chi connectivity index (χ4n) is 4.20. The Hall–Kier alpha value is -2.85. The summed E-state index contributed by atoms with van der Waals surface area (Å²) >= 11 is 6.24. The molecule has 1 aromatic heterocycles. The number of carboxylic acid groups (broad SMARTS) is 1. The minimum absolute atomic E-state index is 0.00871. The molecule has 168 valence electrons. The second kappa shape index (κ2) is 11.1. The highest BCUT2D eigenvalue weighted by atomic mass is 35.5. The van der Waals surface area contributed by atoms with Crippen molar-refractivity contribution in [3.05, 3.63) is 76.5 Å². The molecule has 32 heavy (non-hydrogen) atoms. The lowest BCUT2D eigenvalue weighted by molar-refractivity contribution is -0.137. The van der Waals surface area contributed by atoms with Gasteiger partial charge in [-0.15, -0.1) is 0 Å². The van der Waals surface area contributed by atoms with E-state index in [9.17, 15) is 9.59 Å². The third kappa shape index (κ3) is 6.10. The summed E-state index contributed by atoms with van der Waals surface area (Å²) in [6, 6.07) is 15.9. The molecule has 0 aliphatic heterocycles. The summed E-state index contributed by atoms with van der Waals surface area (Å²) in [7, 11) is 1.98. The molecule has 0 fully saturated rings. The van der Waals surface area contributed by atoms with Crippen LogP contribution in [0.15, 0.2) is 54.6 Å². The van der Waals surface area contributed by atoms with Gasteiger partial charge in [0.2, 0.25) is 0 Å². The second-order valence-corrected chi connectivity index (χ2v) is 8.87. The lowest BCUT2D eigenvalue weighted by atomic mass is 9.94. The predicted molar refractivity (Wildman–Crippen MR) is 131 cm³/mol. The summed E-state index contributed by atoms with van der Waals surface area (Å²) in [5, 5.41) is 10.5. The maximum Gasteiger partial charge on any atom is 0.303 e. The van der Waals surface area contributed by atoms with E-state index in [2.05, 4.69) is 28.9 Å². The van der Waals surface area contributed by atoms with E-state index in [1.807, 2.05) is 50.4 Å². The molecule has 0 amide bonds. The van der Waals surface area contributed by atoms with Crippen molar-refractivity contribution < 1.29 is 14.7 Å². The van der Waals surface area contributed by atoms with Gasteiger partial charge >= 0.3 is 5.97 Å². The molecule has 0 unspecified atom stereocenters. The average molecular weight is 452 g/mol. The maximum atomic E-state index is 13.2. The largest absolute Gasteiger partial charge is 0.481 e. The van der Waals surface area contributed by atoms with E-state index in [0.717, 1.165) is 42.3 Å². The van der Waals surface area contributed by atoms with Gasteiger partial charge in [0, 0.05) is 47.1 Å². The lowest BCUT2D eigenvalue weighted by Crippen LogP contribution is -2.12. The number of aliphatic carboxylic acids is 1. The fraction of sp³-hybridized carbons (Fsp3) is 0.333. The number of nitrogens with zero attached hydrogens (tertiary/aromatic N) is 1. The number of ketones is 1. The molecule has 1 N–H and O–H groups in total. The van der Waals surface area contributed by atoms with Crippen molar-refractivity contribution in [1.29, 1.82) is 0 Å². The Morgan fingerprint density at radius 1 is 1.09 bits per heavy atom. The molecule has 1 atom stereocenters. The SMILES string of the molecule is C[C@@H](CC(=O)O)CC(=O)c1c(CCCC/C=C\c2ccccc2)n(C)c2ccc(Cl)cc12. The van der Waals surface area contributed by atoms with Crippen molar-refractivity contribution in [1.82, 2.24) is 4.57 Å². The summed E-state index contributed by atoms with van der Waals surface area (Å²) in [6.07, 6.45) is 8.27. The number of allylic oxidation sites excluding steroid dienone is 1. The van der Waals surface area contributed by atoms with Gasteiger partial charge in [-0.1, -0.05) is 61.0 Å². The monoisotopic (exact) mass is 451 g/mol. The van der Waals surface area contributed by atoms with Gasteiger partial charge in [0.1, 0.15) is 0 Å². The topological polar surface area (TPSA) is 59.3 Å². The molecule has 2 aromatic carbocycles. The zero-order valence-corrected chi connectivity index (χ0v) is 19.4. The number of carbonyl (C=O) groups is 2. The first-order valence-electron chi connectivity index (χ1n) is 11.1. The van der Waals surface area contributed by atoms with Gasteiger partial charge in [0.05, 0.1) is 0 Å². The Balaban J connectivity index is 1.74. The summed E-state index contributed by atoms with van der Waals surface area (Å²) < 4.78 is 2.08. The third-order valence-electron chi connectivity index (χ3n) is 5.76. The van der Waals surface area contributed by atoms with Crippen LogP contribution in [0.5, 0.6) is 0 Å². The zero-order valence-electron chi connectivity index (χ0n) is 18.7. The zero-order chi connectivity index (χ0) is 23.1. The van der Waals surface area contributed by atoms with Crippen molar-refractivity contribution in [2.75, 3.05) is 0 Å². The first-order chi connectivity index (χ1) is 15.4. The minimum atomic E-state index is -0.880. The Kier molecular flexibility index (Phi) is 8.29. The molecule has 0 saturated carbocycles. The molecule has 1 heterocycles. The van der Waals surface area contributed by atoms with Crippen LogP contribution in [0.25, 0.3) is 17.0 Å². The summed E-state index contributed by atoms with van der Waals surface area (Å²) in [5.74, 6) is -1.11. The van der Waals surface area contributed by atoms with Gasteiger partial charge in [-0.2, -0.15) is 0 Å². The van der Waals surface area contributed by atoms with Crippen LogP contribution in [0.4, 0.5) is 0 Å². The molecule has 4 nitrogen and oxygen atoms in total. The van der Waals surface area contributed by atoms with E-state index in [-0.39, 0.29) is 24.5 Å². The van der Waals surface area contributed by atoms with E-state index in [4.69, 9.17) is 16.7 Å². The predicted octanol–water partition coefficient (Wildman–Crippen LogP) is 6.94. The summed E-state index contributed by atoms with van der Waals surface area (Å²) in [6.45, 7) is 1.81. The Bertz CT molecular complexity index is 1110. The van der Waals surface area contributed by atoms with Crippen LogP contribution in [0.3, 0.4) is 0 Å². The van der Waals surface area contributed by atoms with Gasteiger partial charge in [-0.25, -0.2) is 0 Å². The molecular weight excluding hydrogens is 422 g/mol. The number of hydrogen-bond acceptors (Lipinski definition) is 2. The molecule has 5 heteroatoms. The molecule has 0 saturated heterocycles. The smallest absolute Gasteiger partial charge is 0.303 e. The normalized spacial score (nSPS) is 12.5. The molecule has 0 aliphatic carbocycles. The minimum Gasteiger partial charge on any atom is -0.481 e. The number of benzene rings is 2. The van der Waals surface area contributed by atoms with E-state index in [1.165, 1.54) is 5.56 Å². The lowest BCUT2D eigenvalue weighted by Gasteiger charge is -2.10. The number of rotatable bonds is 11. The number of fused-ring (bicyclic) bond motifs is 1. The van der Waals surface area contributed by atoms with Gasteiger partial charge in [-0.3, -0.25) is 9.59 Å². The molecule has 0 spiro atoms. The fourth-order valence-corrected chi connectivity index (χ4v) is 4.37. The Morgan fingerprint density at radius 2 is 1.84 bits per heavy atom. The standard InChI is InChI=1S/C27H30ClNO3/c1-19(17-26(31)32)16-25(30)27-22-18-21(28)14-15-23(22)29(2)24(27)13-9-4-3-6-10-20-11-7-5-8-12-20/h5-8,10-12,14-15,18-19H,3-4,9,13,16-17H2,1-2H3,(H,31,32)/b10-6-/t19-/m1/s1. The highest BCUT2D eigenvalue weighted by Gasteiger charge is 2.23. The highest BCUT2D eigenvalue weighted by molar-refractivity contribution is 6.31. The van der Waals surface area contributed by atoms with Gasteiger partial charge in [0.15, 0.2) is 5.78 Å². The number of carbonyl (C=O) groups excluding carboxylic acids is 1. The number of aromatic nitrogens is 1. The molecule has 3 rings (SSSR count). The number of halogens is 1. The third-order valence-corrected chi connectivity index (χ3v) is 6.00. The molecular formula is C27H30ClNO3. The number of Topliss-reactive ketones (excluding diaryl/α,β-unsaturated/α-hetero) is 1. The quantitative estimate of drug-likeness (QED) is 0.253. The first kappa shape index (κ1) is 23.8. The van der Waals surface area contributed by atoms with Crippen LogP contribution in [-0.4, -0.2) is 21.4 Å². The molecule has 0 aliphatic rings. The number of carboxylic acids is 1. The molecule has 3 aromatic rings. The maximum absolute atomic E-state index is 13.2. The van der Waals surface area contributed by atoms with Crippen LogP contribution in [0.1, 0.15) is 60.6 Å². The number of aryl methyl sites for hydroxylation is 1.